The summed E-state index contributed by atoms with van der Waals surface area (Å²) in [5, 5.41) is 11.6. The molecule has 1 aromatic carbocycles. The topological polar surface area (TPSA) is 75.0 Å². The molecule has 0 aliphatic carbocycles. The summed E-state index contributed by atoms with van der Waals surface area (Å²) in [6.45, 7) is 3.55. The number of nitrogens with zero attached hydrogens (tertiary/aromatic N) is 2. The molecule has 1 aromatic heterocycles. The van der Waals surface area contributed by atoms with E-state index in [1.54, 1.807) is 37.4 Å². The summed E-state index contributed by atoms with van der Waals surface area (Å²) in [4.78, 5) is 16.3. The highest BCUT2D eigenvalue weighted by Crippen LogP contribution is 2.14. The molecule has 0 fully saturated rings. The summed E-state index contributed by atoms with van der Waals surface area (Å²) >= 11 is 0. The molecule has 2 unspecified atom stereocenters. The molecule has 1 heterocycles. The van der Waals surface area contributed by atoms with E-state index >= 15 is 0 Å². The number of hydrogen-bond acceptors (Lipinski definition) is 4. The lowest BCUT2D eigenvalue weighted by atomic mass is 10.2. The van der Waals surface area contributed by atoms with E-state index in [4.69, 9.17) is 10.00 Å². The van der Waals surface area contributed by atoms with Crippen LogP contribution in [0, 0.1) is 11.3 Å². The van der Waals surface area contributed by atoms with E-state index in [-0.39, 0.29) is 11.9 Å². The molecule has 0 aliphatic rings. The molecule has 2 rings (SSSR count). The van der Waals surface area contributed by atoms with Crippen LogP contribution in [0.15, 0.2) is 48.7 Å². The van der Waals surface area contributed by atoms with E-state index < -0.39 is 6.10 Å². The second-order valence-corrected chi connectivity index (χ2v) is 4.88. The van der Waals surface area contributed by atoms with Crippen molar-refractivity contribution < 1.29 is 9.53 Å². The molecular formula is C17H17N3O2. The zero-order valence-corrected chi connectivity index (χ0v) is 12.5. The minimum atomic E-state index is -0.640. The van der Waals surface area contributed by atoms with Crippen molar-refractivity contribution in [3.8, 4) is 11.8 Å². The maximum absolute atomic E-state index is 12.1. The number of rotatable bonds is 5. The Labute approximate surface area is 129 Å². The number of hydrogen-bond donors (Lipinski definition) is 1. The van der Waals surface area contributed by atoms with Crippen LogP contribution >= 0.6 is 0 Å². The van der Waals surface area contributed by atoms with Crippen molar-refractivity contribution in [2.45, 2.75) is 26.0 Å². The predicted molar refractivity (Wildman–Crippen MR) is 82.0 cm³/mol. The molecule has 5 nitrogen and oxygen atoms in total. The first-order valence-corrected chi connectivity index (χ1v) is 6.98. The third-order valence-corrected chi connectivity index (χ3v) is 3.16. The number of carbonyl (C=O) groups excluding carboxylic acids is 1. The van der Waals surface area contributed by atoms with Gasteiger partial charge in [0.2, 0.25) is 0 Å². The lowest BCUT2D eigenvalue weighted by Crippen LogP contribution is -2.38. The summed E-state index contributed by atoms with van der Waals surface area (Å²) in [6.07, 6.45) is 1.05. The molecule has 0 spiro atoms. The largest absolute Gasteiger partial charge is 0.481 e. The van der Waals surface area contributed by atoms with Gasteiger partial charge in [-0.25, -0.2) is 0 Å². The van der Waals surface area contributed by atoms with Gasteiger partial charge in [0, 0.05) is 6.20 Å². The highest BCUT2D eigenvalue weighted by Gasteiger charge is 2.18. The fourth-order valence-corrected chi connectivity index (χ4v) is 1.90. The van der Waals surface area contributed by atoms with Gasteiger partial charge in [0.05, 0.1) is 23.4 Å². The van der Waals surface area contributed by atoms with E-state index in [0.29, 0.717) is 11.3 Å². The van der Waals surface area contributed by atoms with Gasteiger partial charge in [-0.2, -0.15) is 5.26 Å². The van der Waals surface area contributed by atoms with Gasteiger partial charge in [-0.3, -0.25) is 9.78 Å². The maximum Gasteiger partial charge on any atom is 0.261 e. The van der Waals surface area contributed by atoms with Crippen LogP contribution in [0.4, 0.5) is 0 Å². The van der Waals surface area contributed by atoms with Crippen LogP contribution in [0.3, 0.4) is 0 Å². The smallest absolute Gasteiger partial charge is 0.261 e. The summed E-state index contributed by atoms with van der Waals surface area (Å²) in [6, 6.07) is 14.0. The number of nitriles is 1. The van der Waals surface area contributed by atoms with Crippen molar-refractivity contribution in [1.29, 1.82) is 5.26 Å². The van der Waals surface area contributed by atoms with Crippen molar-refractivity contribution in [3.05, 3.63) is 59.9 Å². The minimum absolute atomic E-state index is 0.194. The number of amides is 1. The van der Waals surface area contributed by atoms with Crippen molar-refractivity contribution in [2.24, 2.45) is 0 Å². The van der Waals surface area contributed by atoms with Gasteiger partial charge in [0.15, 0.2) is 6.10 Å². The zero-order chi connectivity index (χ0) is 15.9. The molecule has 0 bridgehead atoms. The molecule has 1 N–H and O–H groups in total. The first kappa shape index (κ1) is 15.5. The third-order valence-electron chi connectivity index (χ3n) is 3.16. The van der Waals surface area contributed by atoms with Gasteiger partial charge < -0.3 is 10.1 Å². The van der Waals surface area contributed by atoms with E-state index in [2.05, 4.69) is 10.3 Å². The molecule has 1 amide bonds. The van der Waals surface area contributed by atoms with Crippen molar-refractivity contribution in [2.75, 3.05) is 0 Å². The van der Waals surface area contributed by atoms with Crippen LogP contribution in [-0.2, 0) is 4.79 Å². The number of pyridine rings is 1. The van der Waals surface area contributed by atoms with Crippen LogP contribution in [0.1, 0.15) is 31.1 Å². The number of nitrogens with one attached hydrogen (secondary N) is 1. The zero-order valence-electron chi connectivity index (χ0n) is 12.5. The molecule has 5 heteroatoms. The first-order chi connectivity index (χ1) is 10.6. The number of benzene rings is 1. The van der Waals surface area contributed by atoms with E-state index in [0.717, 1.165) is 5.69 Å². The molecule has 0 aliphatic heterocycles. The Morgan fingerprint density at radius 2 is 1.95 bits per heavy atom. The lowest BCUT2D eigenvalue weighted by Gasteiger charge is -2.18. The average Bonchev–Trinajstić information content (AvgIpc) is 2.56. The van der Waals surface area contributed by atoms with Gasteiger partial charge >= 0.3 is 0 Å². The Kier molecular flexibility index (Phi) is 5.10. The number of ether oxygens (including phenoxy) is 1. The van der Waals surface area contributed by atoms with Gasteiger partial charge in [-0.05, 0) is 50.2 Å². The van der Waals surface area contributed by atoms with Crippen LogP contribution in [0.2, 0.25) is 0 Å². The van der Waals surface area contributed by atoms with Crippen LogP contribution in [0.25, 0.3) is 0 Å². The van der Waals surface area contributed by atoms with Crippen LogP contribution in [0.5, 0.6) is 5.75 Å². The summed E-state index contributed by atoms with van der Waals surface area (Å²) in [5.41, 5.74) is 1.34. The predicted octanol–water partition coefficient (Wildman–Crippen LogP) is 2.60. The normalized spacial score (nSPS) is 12.8. The van der Waals surface area contributed by atoms with E-state index in [1.165, 1.54) is 0 Å². The van der Waals surface area contributed by atoms with Gasteiger partial charge in [-0.15, -0.1) is 0 Å². The highest BCUT2D eigenvalue weighted by molar-refractivity contribution is 5.81. The van der Waals surface area contributed by atoms with Crippen LogP contribution in [-0.4, -0.2) is 17.0 Å². The second-order valence-electron chi connectivity index (χ2n) is 4.88. The number of aromatic nitrogens is 1. The van der Waals surface area contributed by atoms with E-state index in [1.807, 2.05) is 31.2 Å². The fourth-order valence-electron chi connectivity index (χ4n) is 1.90. The van der Waals surface area contributed by atoms with Gasteiger partial charge in [0.25, 0.3) is 5.91 Å². The molecule has 0 saturated carbocycles. The van der Waals surface area contributed by atoms with E-state index in [9.17, 15) is 4.79 Å². The maximum atomic E-state index is 12.1. The highest BCUT2D eigenvalue weighted by atomic mass is 16.5. The lowest BCUT2D eigenvalue weighted by molar-refractivity contribution is -0.127. The van der Waals surface area contributed by atoms with Gasteiger partial charge in [0.1, 0.15) is 5.75 Å². The molecule has 22 heavy (non-hydrogen) atoms. The Morgan fingerprint density at radius 3 is 2.55 bits per heavy atom. The minimum Gasteiger partial charge on any atom is -0.481 e. The molecule has 2 aromatic rings. The van der Waals surface area contributed by atoms with Crippen molar-refractivity contribution in [1.82, 2.24) is 10.3 Å². The van der Waals surface area contributed by atoms with Gasteiger partial charge in [-0.1, -0.05) is 6.07 Å². The Bertz CT molecular complexity index is 663. The standard InChI is InChI=1S/C17H17N3O2/c1-12(16-5-3-4-10-19-16)20-17(21)13(2)22-15-8-6-14(11-18)7-9-15/h3-10,12-13H,1-2H3,(H,20,21). The third kappa shape index (κ3) is 4.06. The molecule has 112 valence electrons. The Balaban J connectivity index is 1.93. The molecule has 0 saturated heterocycles. The van der Waals surface area contributed by atoms with Crippen molar-refractivity contribution >= 4 is 5.91 Å². The average molecular weight is 295 g/mol. The second kappa shape index (κ2) is 7.23. The fraction of sp³-hybridized carbons (Fsp3) is 0.235. The molecule has 0 radical (unpaired) electrons. The summed E-state index contributed by atoms with van der Waals surface area (Å²) in [7, 11) is 0. The summed E-state index contributed by atoms with van der Waals surface area (Å²) in [5.74, 6) is 0.328. The first-order valence-electron chi connectivity index (χ1n) is 6.98. The molecular weight excluding hydrogens is 278 g/mol. The Hall–Kier alpha value is -2.87. The molecule has 2 atom stereocenters. The Morgan fingerprint density at radius 1 is 1.23 bits per heavy atom. The van der Waals surface area contributed by atoms with Crippen molar-refractivity contribution in [3.63, 3.8) is 0 Å². The quantitative estimate of drug-likeness (QED) is 0.920. The monoisotopic (exact) mass is 295 g/mol. The summed E-state index contributed by atoms with van der Waals surface area (Å²) < 4.78 is 5.57. The van der Waals surface area contributed by atoms with Crippen LogP contribution < -0.4 is 10.1 Å². The number of carbonyl (C=O) groups is 1. The SMILES string of the molecule is CC(Oc1ccc(C#N)cc1)C(=O)NC(C)c1ccccn1.